The van der Waals surface area contributed by atoms with Crippen molar-refractivity contribution < 1.29 is 9.90 Å². The van der Waals surface area contributed by atoms with Crippen molar-refractivity contribution in [2.45, 2.75) is 32.9 Å². The highest BCUT2D eigenvalue weighted by Crippen LogP contribution is 2.31. The number of aliphatic hydroxyl groups is 1. The Morgan fingerprint density at radius 1 is 1.42 bits per heavy atom. The van der Waals surface area contributed by atoms with Gasteiger partial charge in [0.25, 0.3) is 5.91 Å². The van der Waals surface area contributed by atoms with Gasteiger partial charge < -0.3 is 10.0 Å². The Morgan fingerprint density at radius 3 is 2.79 bits per heavy atom. The van der Waals surface area contributed by atoms with Crippen LogP contribution in [0, 0.1) is 5.41 Å². The van der Waals surface area contributed by atoms with E-state index in [-0.39, 0.29) is 11.3 Å². The molecule has 1 amide bonds. The van der Waals surface area contributed by atoms with E-state index in [2.05, 4.69) is 30.5 Å². The third-order valence-electron chi connectivity index (χ3n) is 4.28. The predicted octanol–water partition coefficient (Wildman–Crippen LogP) is 1.73. The quantitative estimate of drug-likeness (QED) is 0.872. The van der Waals surface area contributed by atoms with Gasteiger partial charge in [-0.05, 0) is 24.0 Å². The van der Waals surface area contributed by atoms with E-state index < -0.39 is 6.10 Å². The number of hydrogen-bond donors (Lipinski definition) is 1. The van der Waals surface area contributed by atoms with E-state index in [1.807, 2.05) is 16.8 Å². The van der Waals surface area contributed by atoms with Crippen molar-refractivity contribution in [3.8, 4) is 5.69 Å². The fourth-order valence-electron chi connectivity index (χ4n) is 3.17. The number of amides is 1. The molecule has 1 unspecified atom stereocenters. The first-order chi connectivity index (χ1) is 11.4. The van der Waals surface area contributed by atoms with Gasteiger partial charge in [0.05, 0.1) is 11.9 Å². The van der Waals surface area contributed by atoms with Crippen LogP contribution < -0.4 is 0 Å². The van der Waals surface area contributed by atoms with Crippen LogP contribution >= 0.6 is 0 Å². The van der Waals surface area contributed by atoms with Gasteiger partial charge in [-0.15, -0.1) is 0 Å². The summed E-state index contributed by atoms with van der Waals surface area (Å²) in [5.74, 6) is -0.317. The summed E-state index contributed by atoms with van der Waals surface area (Å²) in [4.78, 5) is 18.2. The van der Waals surface area contributed by atoms with E-state index in [0.717, 1.165) is 23.4 Å². The van der Waals surface area contributed by atoms with Gasteiger partial charge >= 0.3 is 0 Å². The van der Waals surface area contributed by atoms with Crippen molar-refractivity contribution in [3.63, 3.8) is 0 Å². The minimum absolute atomic E-state index is 0.132. The first-order valence-corrected chi connectivity index (χ1v) is 7.97. The van der Waals surface area contributed by atoms with E-state index in [0.29, 0.717) is 13.1 Å². The molecule has 0 spiro atoms. The lowest BCUT2D eigenvalue weighted by Crippen LogP contribution is -2.42. The maximum absolute atomic E-state index is 12.4. The Labute approximate surface area is 141 Å². The SMILES string of the molecule is C=CC(O)C(=O)N1Cc2cnn(-c3ccncc3)c2CC(C)(C)C1. The molecule has 2 aromatic heterocycles. The van der Waals surface area contributed by atoms with E-state index in [1.54, 1.807) is 23.5 Å². The number of hydrogen-bond acceptors (Lipinski definition) is 4. The van der Waals surface area contributed by atoms with Gasteiger partial charge in [-0.1, -0.05) is 26.5 Å². The highest BCUT2D eigenvalue weighted by atomic mass is 16.3. The van der Waals surface area contributed by atoms with Crippen LogP contribution in [0.1, 0.15) is 25.1 Å². The molecule has 3 rings (SSSR count). The summed E-state index contributed by atoms with van der Waals surface area (Å²) in [5.41, 5.74) is 2.91. The smallest absolute Gasteiger partial charge is 0.255 e. The van der Waals surface area contributed by atoms with E-state index >= 15 is 0 Å². The molecule has 0 radical (unpaired) electrons. The van der Waals surface area contributed by atoms with E-state index in [9.17, 15) is 9.90 Å². The third kappa shape index (κ3) is 3.10. The van der Waals surface area contributed by atoms with E-state index in [1.165, 1.54) is 6.08 Å². The molecular formula is C18H22N4O2. The molecule has 0 aliphatic carbocycles. The van der Waals surface area contributed by atoms with Crippen LogP contribution in [0.5, 0.6) is 0 Å². The zero-order chi connectivity index (χ0) is 17.3. The van der Waals surface area contributed by atoms with Crippen LogP contribution in [0.3, 0.4) is 0 Å². The predicted molar refractivity (Wildman–Crippen MR) is 90.5 cm³/mol. The number of fused-ring (bicyclic) bond motifs is 1. The first-order valence-electron chi connectivity index (χ1n) is 7.97. The first kappa shape index (κ1) is 16.4. The average molecular weight is 326 g/mol. The summed E-state index contributed by atoms with van der Waals surface area (Å²) >= 11 is 0. The summed E-state index contributed by atoms with van der Waals surface area (Å²) in [6, 6.07) is 3.82. The number of pyridine rings is 1. The maximum Gasteiger partial charge on any atom is 0.255 e. The van der Waals surface area contributed by atoms with Crippen molar-refractivity contribution in [1.29, 1.82) is 0 Å². The number of rotatable bonds is 3. The molecule has 6 nitrogen and oxygen atoms in total. The largest absolute Gasteiger partial charge is 0.379 e. The number of carbonyl (C=O) groups excluding carboxylic acids is 1. The minimum atomic E-state index is -1.17. The minimum Gasteiger partial charge on any atom is -0.379 e. The highest BCUT2D eigenvalue weighted by molar-refractivity contribution is 5.82. The molecule has 0 fully saturated rings. The van der Waals surface area contributed by atoms with Crippen LogP contribution in [0.15, 0.2) is 43.4 Å². The molecule has 1 atom stereocenters. The summed E-state index contributed by atoms with van der Waals surface area (Å²) in [7, 11) is 0. The highest BCUT2D eigenvalue weighted by Gasteiger charge is 2.34. The third-order valence-corrected chi connectivity index (χ3v) is 4.28. The van der Waals surface area contributed by atoms with Crippen molar-refractivity contribution in [2.75, 3.05) is 6.54 Å². The van der Waals surface area contributed by atoms with Gasteiger partial charge in [0.2, 0.25) is 0 Å². The Morgan fingerprint density at radius 2 is 2.12 bits per heavy atom. The Kier molecular flexibility index (Phi) is 4.24. The van der Waals surface area contributed by atoms with Crippen LogP contribution in [-0.2, 0) is 17.8 Å². The Balaban J connectivity index is 2.00. The molecule has 1 aliphatic rings. The van der Waals surface area contributed by atoms with Crippen molar-refractivity contribution >= 4 is 5.91 Å². The molecule has 126 valence electrons. The summed E-state index contributed by atoms with van der Waals surface area (Å²) in [6.07, 6.45) is 6.17. The van der Waals surface area contributed by atoms with Crippen LogP contribution in [-0.4, -0.2) is 43.3 Å². The maximum atomic E-state index is 12.4. The molecule has 6 heteroatoms. The molecule has 0 saturated heterocycles. The second kappa shape index (κ2) is 6.20. The zero-order valence-corrected chi connectivity index (χ0v) is 14.0. The number of aliphatic hydroxyl groups excluding tert-OH is 1. The van der Waals surface area contributed by atoms with E-state index in [4.69, 9.17) is 0 Å². The van der Waals surface area contributed by atoms with Gasteiger partial charge in [-0.25, -0.2) is 4.68 Å². The second-order valence-corrected chi connectivity index (χ2v) is 6.95. The molecule has 0 saturated carbocycles. The summed E-state index contributed by atoms with van der Waals surface area (Å²) < 4.78 is 1.91. The number of aromatic nitrogens is 3. The van der Waals surface area contributed by atoms with Gasteiger partial charge in [0, 0.05) is 36.7 Å². The molecule has 1 aliphatic heterocycles. The fourth-order valence-corrected chi connectivity index (χ4v) is 3.17. The lowest BCUT2D eigenvalue weighted by atomic mass is 9.87. The molecule has 0 bridgehead atoms. The van der Waals surface area contributed by atoms with Gasteiger partial charge in [0.15, 0.2) is 6.10 Å². The molecule has 3 heterocycles. The zero-order valence-electron chi connectivity index (χ0n) is 14.0. The Hall–Kier alpha value is -2.47. The normalized spacial score (nSPS) is 17.7. The molecular weight excluding hydrogens is 304 g/mol. The lowest BCUT2D eigenvalue weighted by Gasteiger charge is -2.30. The lowest BCUT2D eigenvalue weighted by molar-refractivity contribution is -0.139. The molecule has 0 aromatic carbocycles. The topological polar surface area (TPSA) is 71.2 Å². The number of carbonyl (C=O) groups is 1. The van der Waals surface area contributed by atoms with Crippen LogP contribution in [0.2, 0.25) is 0 Å². The monoisotopic (exact) mass is 326 g/mol. The second-order valence-electron chi connectivity index (χ2n) is 6.95. The number of nitrogens with zero attached hydrogens (tertiary/aromatic N) is 4. The van der Waals surface area contributed by atoms with Crippen LogP contribution in [0.25, 0.3) is 5.69 Å². The summed E-state index contributed by atoms with van der Waals surface area (Å²) in [6.45, 7) is 8.75. The Bertz CT molecular complexity index is 752. The van der Waals surface area contributed by atoms with Crippen molar-refractivity contribution in [1.82, 2.24) is 19.7 Å². The molecule has 1 N–H and O–H groups in total. The molecule has 24 heavy (non-hydrogen) atoms. The van der Waals surface area contributed by atoms with Gasteiger partial charge in [-0.2, -0.15) is 5.10 Å². The summed E-state index contributed by atoms with van der Waals surface area (Å²) in [5, 5.41) is 14.3. The van der Waals surface area contributed by atoms with Gasteiger partial charge in [-0.3, -0.25) is 9.78 Å². The fraction of sp³-hybridized carbons (Fsp3) is 0.389. The molecule has 2 aromatic rings. The van der Waals surface area contributed by atoms with Crippen molar-refractivity contribution in [2.24, 2.45) is 5.41 Å². The van der Waals surface area contributed by atoms with Crippen molar-refractivity contribution in [3.05, 3.63) is 54.6 Å². The standard InChI is InChI=1S/C18H22N4O2/c1-4-16(23)17(24)21-11-13-10-20-22(14-5-7-19-8-6-14)15(13)9-18(2,3)12-21/h4-8,10,16,23H,1,9,11-12H2,2-3H3. The average Bonchev–Trinajstić information content (AvgIpc) is 2.88. The van der Waals surface area contributed by atoms with Crippen LogP contribution in [0.4, 0.5) is 0 Å². The van der Waals surface area contributed by atoms with Gasteiger partial charge in [0.1, 0.15) is 0 Å².